The molecule has 0 amide bonds. The topological polar surface area (TPSA) is 41.6 Å². The van der Waals surface area contributed by atoms with Crippen LogP contribution in [0.1, 0.15) is 23.6 Å². The fourth-order valence-corrected chi connectivity index (χ4v) is 3.08. The predicted molar refractivity (Wildman–Crippen MR) is 79.7 cm³/mol. The molecule has 0 spiro atoms. The predicted octanol–water partition coefficient (Wildman–Crippen LogP) is 1.60. The van der Waals surface area contributed by atoms with Gasteiger partial charge in [-0.05, 0) is 31.9 Å². The van der Waals surface area contributed by atoms with E-state index < -0.39 is 5.54 Å². The molecular weight excluding hydrogens is 252 g/mol. The van der Waals surface area contributed by atoms with Gasteiger partial charge in [-0.15, -0.1) is 0 Å². The second kappa shape index (κ2) is 5.94. The van der Waals surface area contributed by atoms with E-state index in [0.717, 1.165) is 37.3 Å². The van der Waals surface area contributed by atoms with Gasteiger partial charge < -0.3 is 10.1 Å². The molecule has 20 heavy (non-hydrogen) atoms. The van der Waals surface area contributed by atoms with E-state index in [0.29, 0.717) is 0 Å². The fourth-order valence-electron chi connectivity index (χ4n) is 3.08. The zero-order valence-corrected chi connectivity index (χ0v) is 12.8. The molecule has 1 saturated heterocycles. The number of methoxy groups -OCH3 is 1. The van der Waals surface area contributed by atoms with Crippen molar-refractivity contribution in [2.24, 2.45) is 0 Å². The summed E-state index contributed by atoms with van der Waals surface area (Å²) in [6.07, 6.45) is 0. The highest BCUT2D eigenvalue weighted by Crippen LogP contribution is 2.32. The molecule has 1 aromatic carbocycles. The van der Waals surface area contributed by atoms with E-state index >= 15 is 0 Å². The van der Waals surface area contributed by atoms with E-state index in [1.807, 2.05) is 6.92 Å². The summed E-state index contributed by atoms with van der Waals surface area (Å²) in [6, 6.07) is 6.24. The Hall–Kier alpha value is -1.39. The number of ether oxygens (including phenoxy) is 1. The van der Waals surface area contributed by atoms with Crippen LogP contribution in [-0.4, -0.2) is 44.2 Å². The lowest BCUT2D eigenvalue weighted by Crippen LogP contribution is -2.57. The molecule has 1 heterocycles. The van der Waals surface area contributed by atoms with Crippen molar-refractivity contribution in [2.45, 2.75) is 26.3 Å². The molecule has 0 aromatic heterocycles. The van der Waals surface area contributed by atoms with Crippen molar-refractivity contribution >= 4 is 5.97 Å². The Balaban J connectivity index is 2.47. The number of piperazine rings is 1. The summed E-state index contributed by atoms with van der Waals surface area (Å²) in [5.74, 6) is -0.189. The molecule has 0 saturated carbocycles. The van der Waals surface area contributed by atoms with Gasteiger partial charge in [-0.1, -0.05) is 23.8 Å². The zero-order valence-electron chi connectivity index (χ0n) is 12.8. The van der Waals surface area contributed by atoms with Crippen molar-refractivity contribution in [2.75, 3.05) is 33.3 Å². The minimum Gasteiger partial charge on any atom is -0.467 e. The van der Waals surface area contributed by atoms with Crippen molar-refractivity contribution in [3.8, 4) is 0 Å². The minimum atomic E-state index is -0.714. The molecular formula is C16H24N2O2. The van der Waals surface area contributed by atoms with Crippen molar-refractivity contribution in [1.82, 2.24) is 10.2 Å². The summed E-state index contributed by atoms with van der Waals surface area (Å²) < 4.78 is 5.11. The highest BCUT2D eigenvalue weighted by molar-refractivity contribution is 5.82. The molecule has 1 unspecified atom stereocenters. The minimum absolute atomic E-state index is 0.189. The van der Waals surface area contributed by atoms with Gasteiger partial charge in [-0.2, -0.15) is 0 Å². The number of aryl methyl sites for hydroxylation is 2. The number of carbonyl (C=O) groups excluding carboxylic acids is 1. The summed E-state index contributed by atoms with van der Waals surface area (Å²) in [5, 5.41) is 3.33. The smallest absolute Gasteiger partial charge is 0.330 e. The standard InChI is InChI=1S/C16H24N2O2/c1-12-5-6-14(13(2)11-12)16(3,15(19)20-4)18-9-7-17-8-10-18/h5-6,11,17H,7-10H2,1-4H3. The van der Waals surface area contributed by atoms with Crippen LogP contribution in [0.15, 0.2) is 18.2 Å². The first kappa shape index (κ1) is 15.0. The van der Waals surface area contributed by atoms with E-state index in [-0.39, 0.29) is 5.97 Å². The van der Waals surface area contributed by atoms with Crippen molar-refractivity contribution in [1.29, 1.82) is 0 Å². The molecule has 1 atom stereocenters. The number of benzene rings is 1. The molecule has 0 radical (unpaired) electrons. The Morgan fingerprint density at radius 2 is 1.95 bits per heavy atom. The molecule has 1 N–H and O–H groups in total. The number of hydrogen-bond donors (Lipinski definition) is 1. The number of carbonyl (C=O) groups is 1. The molecule has 2 rings (SSSR count). The second-order valence-electron chi connectivity index (χ2n) is 5.62. The zero-order chi connectivity index (χ0) is 14.8. The second-order valence-corrected chi connectivity index (χ2v) is 5.62. The third kappa shape index (κ3) is 2.58. The maximum Gasteiger partial charge on any atom is 0.330 e. The van der Waals surface area contributed by atoms with Crippen molar-refractivity contribution in [3.05, 3.63) is 34.9 Å². The first-order valence-electron chi connectivity index (χ1n) is 7.12. The summed E-state index contributed by atoms with van der Waals surface area (Å²) >= 11 is 0. The molecule has 4 nitrogen and oxygen atoms in total. The lowest BCUT2D eigenvalue weighted by atomic mass is 9.85. The SMILES string of the molecule is COC(=O)C(C)(c1ccc(C)cc1C)N1CCNCC1. The van der Waals surface area contributed by atoms with Gasteiger partial charge in [0.15, 0.2) is 0 Å². The Bertz CT molecular complexity index is 495. The van der Waals surface area contributed by atoms with Gasteiger partial charge in [0.05, 0.1) is 7.11 Å². The van der Waals surface area contributed by atoms with Crippen LogP contribution < -0.4 is 5.32 Å². The van der Waals surface area contributed by atoms with Gasteiger partial charge in [0.25, 0.3) is 0 Å². The molecule has 0 bridgehead atoms. The van der Waals surface area contributed by atoms with E-state index in [1.54, 1.807) is 0 Å². The summed E-state index contributed by atoms with van der Waals surface area (Å²) in [6.45, 7) is 9.59. The quantitative estimate of drug-likeness (QED) is 0.852. The molecule has 1 aliphatic rings. The average Bonchev–Trinajstić information content (AvgIpc) is 2.46. The van der Waals surface area contributed by atoms with Crippen LogP contribution in [0.5, 0.6) is 0 Å². The van der Waals surface area contributed by atoms with Crippen molar-refractivity contribution < 1.29 is 9.53 Å². The Kier molecular flexibility index (Phi) is 4.45. The third-order valence-electron chi connectivity index (χ3n) is 4.24. The van der Waals surface area contributed by atoms with Crippen LogP contribution in [0.4, 0.5) is 0 Å². The lowest BCUT2D eigenvalue weighted by Gasteiger charge is -2.42. The molecule has 1 aromatic rings. The van der Waals surface area contributed by atoms with Gasteiger partial charge in [0, 0.05) is 26.2 Å². The molecule has 110 valence electrons. The van der Waals surface area contributed by atoms with E-state index in [2.05, 4.69) is 42.3 Å². The van der Waals surface area contributed by atoms with Crippen LogP contribution >= 0.6 is 0 Å². The van der Waals surface area contributed by atoms with E-state index in [9.17, 15) is 4.79 Å². The van der Waals surface area contributed by atoms with Crippen LogP contribution in [0.25, 0.3) is 0 Å². The van der Waals surface area contributed by atoms with Gasteiger partial charge in [0.1, 0.15) is 5.54 Å². The summed E-state index contributed by atoms with van der Waals surface area (Å²) in [5.41, 5.74) is 2.67. The van der Waals surface area contributed by atoms with Gasteiger partial charge in [-0.25, -0.2) is 4.79 Å². The Morgan fingerprint density at radius 1 is 1.30 bits per heavy atom. The van der Waals surface area contributed by atoms with E-state index in [1.165, 1.54) is 12.7 Å². The number of rotatable bonds is 3. The maximum atomic E-state index is 12.5. The summed E-state index contributed by atoms with van der Waals surface area (Å²) in [7, 11) is 1.46. The lowest BCUT2D eigenvalue weighted by molar-refractivity contribution is -0.155. The van der Waals surface area contributed by atoms with Crippen LogP contribution in [-0.2, 0) is 15.1 Å². The fraction of sp³-hybridized carbons (Fsp3) is 0.562. The van der Waals surface area contributed by atoms with Gasteiger partial charge >= 0.3 is 5.97 Å². The monoisotopic (exact) mass is 276 g/mol. The Morgan fingerprint density at radius 3 is 2.50 bits per heavy atom. The van der Waals surface area contributed by atoms with Crippen LogP contribution in [0, 0.1) is 13.8 Å². The number of nitrogens with one attached hydrogen (secondary N) is 1. The molecule has 4 heteroatoms. The van der Waals surface area contributed by atoms with Gasteiger partial charge in [-0.3, -0.25) is 4.90 Å². The number of nitrogens with zero attached hydrogens (tertiary/aromatic N) is 1. The van der Waals surface area contributed by atoms with Crippen LogP contribution in [0.2, 0.25) is 0 Å². The average molecular weight is 276 g/mol. The number of hydrogen-bond acceptors (Lipinski definition) is 4. The Labute approximate surface area is 121 Å². The largest absolute Gasteiger partial charge is 0.467 e. The molecule has 0 aliphatic carbocycles. The first-order valence-corrected chi connectivity index (χ1v) is 7.12. The first-order chi connectivity index (χ1) is 9.50. The number of esters is 1. The highest BCUT2D eigenvalue weighted by atomic mass is 16.5. The third-order valence-corrected chi connectivity index (χ3v) is 4.24. The molecule has 1 fully saturated rings. The molecule has 1 aliphatic heterocycles. The van der Waals surface area contributed by atoms with E-state index in [4.69, 9.17) is 4.74 Å². The normalized spacial score (nSPS) is 19.4. The van der Waals surface area contributed by atoms with Crippen molar-refractivity contribution in [3.63, 3.8) is 0 Å². The van der Waals surface area contributed by atoms with Gasteiger partial charge in [0.2, 0.25) is 0 Å². The van der Waals surface area contributed by atoms with Crippen LogP contribution in [0.3, 0.4) is 0 Å². The highest BCUT2D eigenvalue weighted by Gasteiger charge is 2.43. The maximum absolute atomic E-state index is 12.5. The summed E-state index contributed by atoms with van der Waals surface area (Å²) in [4.78, 5) is 14.7.